The molecule has 0 saturated heterocycles. The average molecular weight is 487 g/mol. The van der Waals surface area contributed by atoms with Crippen molar-refractivity contribution < 1.29 is 27.8 Å². The fraction of sp³-hybridized carbons (Fsp3) is 0.400. The molecule has 4 rings (SSSR count). The Labute approximate surface area is 199 Å². The Kier molecular flexibility index (Phi) is 6.74. The van der Waals surface area contributed by atoms with Crippen LogP contribution in [0.25, 0.3) is 10.8 Å². The maximum absolute atomic E-state index is 12.4. The van der Waals surface area contributed by atoms with E-state index in [4.69, 9.17) is 9.47 Å². The number of sulfone groups is 1. The maximum atomic E-state index is 12.4. The highest BCUT2D eigenvalue weighted by Crippen LogP contribution is 2.41. The molecule has 0 bridgehead atoms. The predicted molar refractivity (Wildman–Crippen MR) is 132 cm³/mol. The van der Waals surface area contributed by atoms with Crippen LogP contribution in [0.3, 0.4) is 0 Å². The zero-order valence-electron chi connectivity index (χ0n) is 19.6. The molecule has 0 aliphatic heterocycles. The summed E-state index contributed by atoms with van der Waals surface area (Å²) in [6, 6.07) is 10.4. The second kappa shape index (κ2) is 9.58. The number of hydrogen-bond donors (Lipinski definition) is 2. The van der Waals surface area contributed by atoms with Crippen LogP contribution in [0, 0.1) is 5.92 Å². The third-order valence-electron chi connectivity index (χ3n) is 6.02. The van der Waals surface area contributed by atoms with Gasteiger partial charge in [0.15, 0.2) is 11.5 Å². The molecule has 34 heavy (non-hydrogen) atoms. The van der Waals surface area contributed by atoms with Crippen molar-refractivity contribution in [1.29, 1.82) is 0 Å². The van der Waals surface area contributed by atoms with Crippen LogP contribution in [0.2, 0.25) is 0 Å². The summed E-state index contributed by atoms with van der Waals surface area (Å²) in [5.74, 6) is 0.990. The van der Waals surface area contributed by atoms with Gasteiger partial charge in [0.2, 0.25) is 11.8 Å². The van der Waals surface area contributed by atoms with Crippen molar-refractivity contribution in [1.82, 2.24) is 4.57 Å². The number of benzene rings is 2. The average Bonchev–Trinajstić information content (AvgIpc) is 3.58. The Balaban J connectivity index is 1.80. The molecule has 1 amide bonds. The summed E-state index contributed by atoms with van der Waals surface area (Å²) >= 11 is 0. The lowest BCUT2D eigenvalue weighted by Crippen LogP contribution is -2.15. The summed E-state index contributed by atoms with van der Waals surface area (Å²) in [7, 11) is -1.69. The second-order valence-corrected chi connectivity index (χ2v) is 10.9. The normalized spacial score (nSPS) is 14.7. The zero-order chi connectivity index (χ0) is 24.5. The van der Waals surface area contributed by atoms with Crippen LogP contribution < -0.4 is 14.8 Å². The van der Waals surface area contributed by atoms with E-state index in [1.165, 1.54) is 6.26 Å². The number of carbonyl (C=O) groups excluding carboxylic acids is 1. The molecule has 0 radical (unpaired) electrons. The summed E-state index contributed by atoms with van der Waals surface area (Å²) < 4.78 is 36.8. The molecular weight excluding hydrogens is 456 g/mol. The van der Waals surface area contributed by atoms with Gasteiger partial charge < -0.3 is 24.5 Å². The number of carbonyl (C=O) groups is 1. The number of methoxy groups -OCH3 is 1. The topological polar surface area (TPSA) is 107 Å². The van der Waals surface area contributed by atoms with Gasteiger partial charge in [-0.15, -0.1) is 0 Å². The Hall–Kier alpha value is -3.20. The number of hydrogen-bond acceptors (Lipinski definition) is 6. The molecule has 9 heteroatoms. The Morgan fingerprint density at radius 1 is 1.24 bits per heavy atom. The van der Waals surface area contributed by atoms with Gasteiger partial charge in [0.05, 0.1) is 36.6 Å². The lowest BCUT2D eigenvalue weighted by Gasteiger charge is -2.22. The summed E-state index contributed by atoms with van der Waals surface area (Å²) in [6.45, 7) is 2.31. The molecular formula is C25H30N2O6S. The van der Waals surface area contributed by atoms with Crippen molar-refractivity contribution in [2.45, 2.75) is 32.2 Å². The Bertz CT molecular complexity index is 1310. The molecule has 1 unspecified atom stereocenters. The van der Waals surface area contributed by atoms with E-state index < -0.39 is 15.9 Å². The number of aromatic nitrogens is 1. The highest BCUT2D eigenvalue weighted by atomic mass is 32.2. The van der Waals surface area contributed by atoms with Crippen LogP contribution in [-0.2, 0) is 14.6 Å². The van der Waals surface area contributed by atoms with Gasteiger partial charge in [-0.1, -0.05) is 18.2 Å². The SMILES string of the molecule is CCOc1cc(C(CCS(C)(=O)=O)n2cc3cccc(NC(=O)C4CC4)c3c2O)ccc1OC. The number of ether oxygens (including phenoxy) is 2. The standard InChI is InChI=1S/C25H30N2O6S/c1-4-33-22-14-17(10-11-21(22)32-2)20(12-13-34(3,30)31)27-15-18-6-5-7-19(23(18)25(27)29)26-24(28)16-8-9-16/h5-7,10-11,14-16,20,29H,4,8-9,12-13H2,1-3H3,(H,26,28). The highest BCUT2D eigenvalue weighted by molar-refractivity contribution is 7.90. The molecule has 8 nitrogen and oxygen atoms in total. The van der Waals surface area contributed by atoms with Crippen molar-refractivity contribution in [2.24, 2.45) is 5.92 Å². The molecule has 1 atom stereocenters. The van der Waals surface area contributed by atoms with E-state index in [0.717, 1.165) is 23.8 Å². The van der Waals surface area contributed by atoms with Crippen molar-refractivity contribution in [3.63, 3.8) is 0 Å². The summed E-state index contributed by atoms with van der Waals surface area (Å²) in [5, 5.41) is 15.5. The smallest absolute Gasteiger partial charge is 0.227 e. The van der Waals surface area contributed by atoms with Gasteiger partial charge in [-0.25, -0.2) is 8.42 Å². The molecule has 1 aromatic heterocycles. The summed E-state index contributed by atoms with van der Waals surface area (Å²) in [5.41, 5.74) is 1.31. The third-order valence-corrected chi connectivity index (χ3v) is 7.00. The Morgan fingerprint density at radius 3 is 2.65 bits per heavy atom. The van der Waals surface area contributed by atoms with Crippen LogP contribution in [0.1, 0.15) is 37.8 Å². The largest absolute Gasteiger partial charge is 0.494 e. The minimum atomic E-state index is -3.25. The van der Waals surface area contributed by atoms with E-state index >= 15 is 0 Å². The quantitative estimate of drug-likeness (QED) is 0.446. The van der Waals surface area contributed by atoms with Crippen molar-refractivity contribution >= 4 is 32.2 Å². The van der Waals surface area contributed by atoms with E-state index in [-0.39, 0.29) is 29.9 Å². The number of nitrogens with zero attached hydrogens (tertiary/aromatic N) is 1. The second-order valence-electron chi connectivity index (χ2n) is 8.67. The van der Waals surface area contributed by atoms with E-state index in [1.54, 1.807) is 30.0 Å². The molecule has 3 aromatic rings. The van der Waals surface area contributed by atoms with E-state index in [0.29, 0.717) is 29.2 Å². The monoisotopic (exact) mass is 486 g/mol. The molecule has 1 saturated carbocycles. The highest BCUT2D eigenvalue weighted by Gasteiger charge is 2.30. The van der Waals surface area contributed by atoms with Crippen molar-refractivity contribution in [2.75, 3.05) is 31.0 Å². The molecule has 1 heterocycles. The van der Waals surface area contributed by atoms with Gasteiger partial charge >= 0.3 is 0 Å². The summed E-state index contributed by atoms with van der Waals surface area (Å²) in [4.78, 5) is 12.4. The van der Waals surface area contributed by atoms with Gasteiger partial charge in [0, 0.05) is 23.8 Å². The van der Waals surface area contributed by atoms with E-state index in [2.05, 4.69) is 5.32 Å². The van der Waals surface area contributed by atoms with Gasteiger partial charge in [0.25, 0.3) is 0 Å². The van der Waals surface area contributed by atoms with Crippen molar-refractivity contribution in [3.8, 4) is 17.4 Å². The molecule has 2 aromatic carbocycles. The maximum Gasteiger partial charge on any atom is 0.227 e. The van der Waals surface area contributed by atoms with Gasteiger partial charge in [-0.3, -0.25) is 4.79 Å². The third kappa shape index (κ3) is 5.14. The fourth-order valence-electron chi connectivity index (χ4n) is 4.15. The first kappa shape index (κ1) is 23.9. The zero-order valence-corrected chi connectivity index (χ0v) is 20.4. The number of rotatable bonds is 10. The fourth-order valence-corrected chi connectivity index (χ4v) is 4.80. The molecule has 0 spiro atoms. The van der Waals surface area contributed by atoms with Gasteiger partial charge in [0.1, 0.15) is 9.84 Å². The van der Waals surface area contributed by atoms with Crippen LogP contribution in [0.5, 0.6) is 17.4 Å². The van der Waals surface area contributed by atoms with Crippen LogP contribution in [0.4, 0.5) is 5.69 Å². The molecule has 1 aliphatic carbocycles. The number of aromatic hydroxyl groups is 1. The lowest BCUT2D eigenvalue weighted by molar-refractivity contribution is -0.117. The molecule has 1 aliphatic rings. The van der Waals surface area contributed by atoms with Crippen molar-refractivity contribution in [3.05, 3.63) is 48.2 Å². The molecule has 2 N–H and O–H groups in total. The van der Waals surface area contributed by atoms with E-state index in [1.807, 2.05) is 31.2 Å². The van der Waals surface area contributed by atoms with Gasteiger partial charge in [-0.2, -0.15) is 0 Å². The first-order valence-electron chi connectivity index (χ1n) is 11.3. The van der Waals surface area contributed by atoms with Crippen LogP contribution >= 0.6 is 0 Å². The Morgan fingerprint density at radius 2 is 2.00 bits per heavy atom. The first-order chi connectivity index (χ1) is 16.2. The number of anilines is 1. The van der Waals surface area contributed by atoms with Gasteiger partial charge in [-0.05, 0) is 49.9 Å². The van der Waals surface area contributed by atoms with Crippen LogP contribution in [-0.4, -0.2) is 49.7 Å². The van der Waals surface area contributed by atoms with E-state index in [9.17, 15) is 18.3 Å². The van der Waals surface area contributed by atoms with Crippen LogP contribution in [0.15, 0.2) is 42.6 Å². The first-order valence-corrected chi connectivity index (χ1v) is 13.4. The molecule has 182 valence electrons. The number of amides is 1. The minimum Gasteiger partial charge on any atom is -0.494 e. The number of nitrogens with one attached hydrogen (secondary N) is 1. The minimum absolute atomic E-state index is 0.0262. The molecule has 1 fully saturated rings. The lowest BCUT2D eigenvalue weighted by atomic mass is 10.0. The summed E-state index contributed by atoms with van der Waals surface area (Å²) in [6.07, 6.45) is 4.98. The number of fused-ring (bicyclic) bond motifs is 1. The predicted octanol–water partition coefficient (Wildman–Crippen LogP) is 4.13.